The molecule has 1 aromatic heterocycles. The number of hydrogen-bond donors (Lipinski definition) is 1. The molecule has 1 atom stereocenters. The Labute approximate surface area is 114 Å². The largest absolute Gasteiger partial charge is 0.335 e. The molecule has 3 rings (SSSR count). The predicted octanol–water partition coefficient (Wildman–Crippen LogP) is 2.64. The molecule has 0 saturated heterocycles. The molecule has 19 heavy (non-hydrogen) atoms. The van der Waals surface area contributed by atoms with Gasteiger partial charge < -0.3 is 10.3 Å². The van der Waals surface area contributed by atoms with Crippen molar-refractivity contribution in [2.45, 2.75) is 44.7 Å². The zero-order valence-electron chi connectivity index (χ0n) is 11.5. The lowest BCUT2D eigenvalue weighted by molar-refractivity contribution is 0.357. The first-order chi connectivity index (χ1) is 9.23. The Bertz CT molecular complexity index is 573. The highest BCUT2D eigenvalue weighted by Crippen LogP contribution is 2.35. The van der Waals surface area contributed by atoms with Gasteiger partial charge in [0, 0.05) is 30.9 Å². The third kappa shape index (κ3) is 2.19. The van der Waals surface area contributed by atoms with Crippen molar-refractivity contribution in [1.29, 1.82) is 0 Å². The van der Waals surface area contributed by atoms with Crippen LogP contribution in [0.2, 0.25) is 0 Å². The Balaban J connectivity index is 1.96. The summed E-state index contributed by atoms with van der Waals surface area (Å²) in [6.07, 6.45) is 8.09. The van der Waals surface area contributed by atoms with Gasteiger partial charge in [-0.2, -0.15) is 0 Å². The lowest BCUT2D eigenvalue weighted by Crippen LogP contribution is -2.42. The summed E-state index contributed by atoms with van der Waals surface area (Å²) in [7, 11) is 0. The van der Waals surface area contributed by atoms with E-state index >= 15 is 0 Å². The van der Waals surface area contributed by atoms with Crippen molar-refractivity contribution in [3.05, 3.63) is 53.6 Å². The first kappa shape index (κ1) is 12.4. The molecule has 3 nitrogen and oxygen atoms in total. The van der Waals surface area contributed by atoms with Crippen LogP contribution in [0.25, 0.3) is 0 Å². The summed E-state index contributed by atoms with van der Waals surface area (Å²) in [6.45, 7) is 3.09. The Morgan fingerprint density at radius 1 is 1.37 bits per heavy atom. The summed E-state index contributed by atoms with van der Waals surface area (Å²) < 4.78 is 2.19. The zero-order valence-corrected chi connectivity index (χ0v) is 11.5. The Hall–Kier alpha value is -1.61. The second kappa shape index (κ2) is 4.82. The van der Waals surface area contributed by atoms with Gasteiger partial charge in [-0.15, -0.1) is 0 Å². The van der Waals surface area contributed by atoms with Crippen LogP contribution in [0, 0.1) is 0 Å². The Kier molecular flexibility index (Phi) is 3.15. The third-order valence-electron chi connectivity index (χ3n) is 4.24. The fourth-order valence-corrected chi connectivity index (χ4v) is 3.21. The van der Waals surface area contributed by atoms with Crippen molar-refractivity contribution in [2.24, 2.45) is 5.73 Å². The van der Waals surface area contributed by atoms with Gasteiger partial charge in [-0.05, 0) is 37.3 Å². The maximum atomic E-state index is 6.73. The van der Waals surface area contributed by atoms with Crippen molar-refractivity contribution in [3.63, 3.8) is 0 Å². The molecule has 0 amide bonds. The van der Waals surface area contributed by atoms with E-state index in [-0.39, 0.29) is 5.54 Å². The molecule has 0 spiro atoms. The van der Waals surface area contributed by atoms with E-state index in [0.717, 1.165) is 31.6 Å². The van der Waals surface area contributed by atoms with E-state index in [1.165, 1.54) is 17.5 Å². The monoisotopic (exact) mass is 255 g/mol. The van der Waals surface area contributed by atoms with Crippen molar-refractivity contribution in [2.75, 3.05) is 0 Å². The molecular formula is C16H21N3. The van der Waals surface area contributed by atoms with E-state index in [4.69, 9.17) is 5.73 Å². The van der Waals surface area contributed by atoms with Gasteiger partial charge in [-0.3, -0.25) is 0 Å². The molecule has 1 aliphatic rings. The summed E-state index contributed by atoms with van der Waals surface area (Å²) in [6, 6.07) is 8.60. The molecular weight excluding hydrogens is 234 g/mol. The van der Waals surface area contributed by atoms with Crippen LogP contribution < -0.4 is 5.73 Å². The molecule has 0 radical (unpaired) electrons. The maximum Gasteiger partial charge on any atom is 0.110 e. The highest BCUT2D eigenvalue weighted by atomic mass is 15.1. The van der Waals surface area contributed by atoms with Crippen LogP contribution in [0.4, 0.5) is 0 Å². The average Bonchev–Trinajstić information content (AvgIpc) is 2.86. The number of benzene rings is 1. The molecule has 1 heterocycles. The van der Waals surface area contributed by atoms with E-state index in [9.17, 15) is 0 Å². The van der Waals surface area contributed by atoms with Crippen molar-refractivity contribution >= 4 is 0 Å². The van der Waals surface area contributed by atoms with Gasteiger partial charge in [0.25, 0.3) is 0 Å². The molecule has 1 unspecified atom stereocenters. The topological polar surface area (TPSA) is 43.8 Å². The minimum atomic E-state index is -0.257. The van der Waals surface area contributed by atoms with Gasteiger partial charge in [0.2, 0.25) is 0 Å². The summed E-state index contributed by atoms with van der Waals surface area (Å²) in [4.78, 5) is 4.48. The lowest BCUT2D eigenvalue weighted by atomic mass is 9.75. The number of nitrogens with zero attached hydrogens (tertiary/aromatic N) is 2. The second-order valence-corrected chi connectivity index (χ2v) is 5.47. The quantitative estimate of drug-likeness (QED) is 0.916. The highest BCUT2D eigenvalue weighted by Gasteiger charge is 2.33. The molecule has 0 saturated carbocycles. The van der Waals surface area contributed by atoms with Crippen LogP contribution >= 0.6 is 0 Å². The van der Waals surface area contributed by atoms with Gasteiger partial charge in [0.15, 0.2) is 0 Å². The van der Waals surface area contributed by atoms with Crippen LogP contribution in [0.3, 0.4) is 0 Å². The first-order valence-electron chi connectivity index (χ1n) is 7.10. The fraction of sp³-hybridized carbons (Fsp3) is 0.438. The number of aromatic nitrogens is 2. The van der Waals surface area contributed by atoms with Crippen LogP contribution in [0.5, 0.6) is 0 Å². The van der Waals surface area contributed by atoms with E-state index in [1.807, 2.05) is 12.4 Å². The average molecular weight is 255 g/mol. The minimum Gasteiger partial charge on any atom is -0.335 e. The van der Waals surface area contributed by atoms with E-state index in [1.54, 1.807) is 0 Å². The van der Waals surface area contributed by atoms with Crippen molar-refractivity contribution in [1.82, 2.24) is 9.55 Å². The van der Waals surface area contributed by atoms with E-state index in [2.05, 4.69) is 40.7 Å². The van der Waals surface area contributed by atoms with E-state index in [0.29, 0.717) is 0 Å². The summed E-state index contributed by atoms with van der Waals surface area (Å²) in [5.74, 6) is 1.10. The lowest BCUT2D eigenvalue weighted by Gasteiger charge is -2.35. The molecule has 0 bridgehead atoms. The molecule has 3 heteroatoms. The molecule has 1 aromatic carbocycles. The van der Waals surface area contributed by atoms with Crippen LogP contribution in [-0.2, 0) is 24.9 Å². The number of hydrogen-bond acceptors (Lipinski definition) is 2. The Morgan fingerprint density at radius 3 is 3.05 bits per heavy atom. The number of fused-ring (bicyclic) bond motifs is 1. The molecule has 2 N–H and O–H groups in total. The van der Waals surface area contributed by atoms with Gasteiger partial charge in [0.1, 0.15) is 5.82 Å². The van der Waals surface area contributed by atoms with Gasteiger partial charge in [0.05, 0.1) is 0 Å². The highest BCUT2D eigenvalue weighted by molar-refractivity contribution is 5.36. The Morgan fingerprint density at radius 2 is 2.21 bits per heavy atom. The maximum absolute atomic E-state index is 6.73. The SMILES string of the molecule is CCn1ccnc1CC1(N)CCCc2ccccc21. The number of nitrogens with two attached hydrogens (primary N) is 1. The van der Waals surface area contributed by atoms with Crippen LogP contribution in [-0.4, -0.2) is 9.55 Å². The zero-order chi connectivity index (χ0) is 13.3. The smallest absolute Gasteiger partial charge is 0.110 e. The third-order valence-corrected chi connectivity index (χ3v) is 4.24. The number of imidazole rings is 1. The van der Waals surface area contributed by atoms with Gasteiger partial charge in [-0.25, -0.2) is 4.98 Å². The van der Waals surface area contributed by atoms with Gasteiger partial charge >= 0.3 is 0 Å². The normalized spacial score (nSPS) is 22.2. The second-order valence-electron chi connectivity index (χ2n) is 5.47. The number of rotatable bonds is 3. The minimum absolute atomic E-state index is 0.257. The molecule has 2 aromatic rings. The molecule has 0 aliphatic heterocycles. The van der Waals surface area contributed by atoms with Crippen LogP contribution in [0.15, 0.2) is 36.7 Å². The molecule has 100 valence electrons. The molecule has 1 aliphatic carbocycles. The summed E-state index contributed by atoms with van der Waals surface area (Å²) in [5, 5.41) is 0. The standard InChI is InChI=1S/C16H21N3/c1-2-19-11-10-18-15(19)12-16(17)9-5-7-13-6-3-4-8-14(13)16/h3-4,6,8,10-11H,2,5,7,9,12,17H2,1H3. The predicted molar refractivity (Wildman–Crippen MR) is 76.9 cm³/mol. The number of aryl methyl sites for hydroxylation is 2. The summed E-state index contributed by atoms with van der Waals surface area (Å²) >= 11 is 0. The molecule has 0 fully saturated rings. The first-order valence-corrected chi connectivity index (χ1v) is 7.10. The fourth-order valence-electron chi connectivity index (χ4n) is 3.21. The van der Waals surface area contributed by atoms with Crippen molar-refractivity contribution < 1.29 is 0 Å². The van der Waals surface area contributed by atoms with Crippen LogP contribution in [0.1, 0.15) is 36.7 Å². The van der Waals surface area contributed by atoms with Gasteiger partial charge in [-0.1, -0.05) is 24.3 Å². The van der Waals surface area contributed by atoms with E-state index < -0.39 is 0 Å². The summed E-state index contributed by atoms with van der Waals surface area (Å²) in [5.41, 5.74) is 9.20. The van der Waals surface area contributed by atoms with Crippen molar-refractivity contribution in [3.8, 4) is 0 Å².